The van der Waals surface area contributed by atoms with Crippen LogP contribution in [0.2, 0.25) is 0 Å². The minimum Gasteiger partial charge on any atom is -0.478 e. The molecule has 200 valence electrons. The van der Waals surface area contributed by atoms with Crippen LogP contribution in [0.5, 0.6) is 0 Å². The fourth-order valence-corrected chi connectivity index (χ4v) is 5.14. The number of aromatic nitrogens is 1. The molecule has 41 heavy (non-hydrogen) atoms. The van der Waals surface area contributed by atoms with Crippen molar-refractivity contribution in [3.63, 3.8) is 0 Å². The van der Waals surface area contributed by atoms with Crippen LogP contribution >= 0.6 is 0 Å². The van der Waals surface area contributed by atoms with Crippen molar-refractivity contribution in [3.05, 3.63) is 149 Å². The molecule has 0 bridgehead atoms. The first-order valence-electron chi connectivity index (χ1n) is 13.3. The van der Waals surface area contributed by atoms with Gasteiger partial charge in [0.05, 0.1) is 17.3 Å². The maximum Gasteiger partial charge on any atom is 0.335 e. The van der Waals surface area contributed by atoms with Crippen molar-refractivity contribution in [1.82, 2.24) is 9.72 Å². The first-order valence-corrected chi connectivity index (χ1v) is 13.3. The second-order valence-corrected chi connectivity index (χ2v) is 9.99. The average molecular weight is 539 g/mol. The molecule has 0 unspecified atom stereocenters. The Hall–Kier alpha value is -5.49. The van der Waals surface area contributed by atoms with Gasteiger partial charge in [0, 0.05) is 11.1 Å². The van der Waals surface area contributed by atoms with Gasteiger partial charge in [-0.1, -0.05) is 78.9 Å². The van der Waals surface area contributed by atoms with Crippen molar-refractivity contribution >= 4 is 33.9 Å². The Balaban J connectivity index is 1.42. The Morgan fingerprint density at radius 2 is 1.34 bits per heavy atom. The maximum absolute atomic E-state index is 13.8. The fourth-order valence-electron chi connectivity index (χ4n) is 5.14. The van der Waals surface area contributed by atoms with Gasteiger partial charge in [-0.15, -0.1) is 0 Å². The topological polar surface area (TPSA) is 87.9 Å². The highest BCUT2D eigenvalue weighted by atomic mass is 16.4. The number of hydrogen-bond acceptors (Lipinski definition) is 3. The summed E-state index contributed by atoms with van der Waals surface area (Å²) in [5.74, 6) is -1.55. The molecule has 1 atom stereocenters. The molecule has 1 amide bonds. The number of nitrogens with one attached hydrogen (secondary N) is 1. The van der Waals surface area contributed by atoms with E-state index in [1.54, 1.807) is 28.7 Å². The second kappa shape index (κ2) is 10.6. The van der Waals surface area contributed by atoms with E-state index in [0.29, 0.717) is 17.0 Å². The van der Waals surface area contributed by atoms with E-state index in [4.69, 9.17) is 0 Å². The lowest BCUT2D eigenvalue weighted by Crippen LogP contribution is -2.29. The Bertz CT molecular complexity index is 1940. The van der Waals surface area contributed by atoms with Gasteiger partial charge in [-0.05, 0) is 76.9 Å². The molecule has 0 saturated heterocycles. The third kappa shape index (κ3) is 4.99. The quantitative estimate of drug-likeness (QED) is 0.211. The monoisotopic (exact) mass is 538 g/mol. The van der Waals surface area contributed by atoms with Crippen molar-refractivity contribution in [3.8, 4) is 11.1 Å². The number of hydrogen-bond donors (Lipinski definition) is 2. The first-order chi connectivity index (χ1) is 19.9. The zero-order chi connectivity index (χ0) is 28.5. The van der Waals surface area contributed by atoms with Crippen LogP contribution in [-0.4, -0.2) is 27.2 Å². The second-order valence-electron chi connectivity index (χ2n) is 9.99. The van der Waals surface area contributed by atoms with Gasteiger partial charge in [-0.3, -0.25) is 9.59 Å². The van der Waals surface area contributed by atoms with Crippen LogP contribution < -0.4 is 5.32 Å². The Morgan fingerprint density at radius 3 is 2.07 bits per heavy atom. The Kier molecular flexibility index (Phi) is 6.65. The summed E-state index contributed by atoms with van der Waals surface area (Å²) in [6.45, 7) is 1.84. The Morgan fingerprint density at radius 1 is 0.659 bits per heavy atom. The van der Waals surface area contributed by atoms with Gasteiger partial charge in [0.1, 0.15) is 5.69 Å². The molecule has 0 aliphatic rings. The fraction of sp³-hybridized carbons (Fsp3) is 0.0571. The number of carbonyl (C=O) groups excluding carboxylic acids is 2. The summed E-state index contributed by atoms with van der Waals surface area (Å²) in [6.07, 6.45) is 0. The van der Waals surface area contributed by atoms with E-state index >= 15 is 0 Å². The molecule has 0 spiro atoms. The highest BCUT2D eigenvalue weighted by Crippen LogP contribution is 2.27. The molecular formula is C35H26N2O4. The number of carbonyl (C=O) groups is 3. The van der Waals surface area contributed by atoms with Gasteiger partial charge < -0.3 is 14.8 Å². The van der Waals surface area contributed by atoms with Crippen LogP contribution in [0.1, 0.15) is 55.4 Å². The average Bonchev–Trinajstić information content (AvgIpc) is 3.44. The smallest absolute Gasteiger partial charge is 0.335 e. The minimum atomic E-state index is -1.01. The van der Waals surface area contributed by atoms with E-state index < -0.39 is 12.0 Å². The standard InChI is InChI=1S/C35H26N2O4/c1-22(23-11-14-26(15-12-23)35(40)41)36-34(39)32-21-29(24-7-3-2-4-8-24)20-30-17-18-31(37(30)32)33(38)28-16-13-25-9-5-6-10-27(25)19-28/h2-22H,1H3,(H,36,39)(H,40,41)/t22-/m0/s1. The third-order valence-corrected chi connectivity index (χ3v) is 7.34. The summed E-state index contributed by atoms with van der Waals surface area (Å²) < 4.78 is 1.71. The van der Waals surface area contributed by atoms with E-state index in [-0.39, 0.29) is 17.3 Å². The molecule has 4 aromatic carbocycles. The van der Waals surface area contributed by atoms with Crippen molar-refractivity contribution in [1.29, 1.82) is 0 Å². The molecule has 0 aliphatic heterocycles. The van der Waals surface area contributed by atoms with Crippen molar-refractivity contribution in [2.45, 2.75) is 13.0 Å². The number of carboxylic acid groups (broad SMARTS) is 1. The molecule has 6 aromatic rings. The molecule has 2 heterocycles. The van der Waals surface area contributed by atoms with Crippen LogP contribution in [0.3, 0.4) is 0 Å². The number of fused-ring (bicyclic) bond motifs is 2. The van der Waals surface area contributed by atoms with Gasteiger partial charge in [0.2, 0.25) is 5.78 Å². The summed E-state index contributed by atoms with van der Waals surface area (Å²) in [6, 6.07) is 36.6. The lowest BCUT2D eigenvalue weighted by atomic mass is 10.0. The van der Waals surface area contributed by atoms with Gasteiger partial charge in [0.25, 0.3) is 5.91 Å². The van der Waals surface area contributed by atoms with Gasteiger partial charge in [-0.2, -0.15) is 0 Å². The van der Waals surface area contributed by atoms with Gasteiger partial charge in [-0.25, -0.2) is 4.79 Å². The van der Waals surface area contributed by atoms with Gasteiger partial charge >= 0.3 is 5.97 Å². The van der Waals surface area contributed by atoms with Crippen LogP contribution in [0, 0.1) is 0 Å². The number of carboxylic acids is 1. The number of aromatic carboxylic acids is 1. The van der Waals surface area contributed by atoms with E-state index in [2.05, 4.69) is 5.32 Å². The molecule has 6 rings (SSSR count). The zero-order valence-electron chi connectivity index (χ0n) is 22.2. The number of ketones is 1. The summed E-state index contributed by atoms with van der Waals surface area (Å²) in [7, 11) is 0. The largest absolute Gasteiger partial charge is 0.478 e. The molecule has 2 N–H and O–H groups in total. The SMILES string of the molecule is C[C@H](NC(=O)c1cc(-c2ccccc2)cc2ccc(C(=O)c3ccc4ccccc4c3)n12)c1ccc(C(=O)O)cc1. The number of pyridine rings is 1. The van der Waals surface area contributed by atoms with Crippen molar-refractivity contribution < 1.29 is 19.5 Å². The molecule has 6 nitrogen and oxygen atoms in total. The van der Waals surface area contributed by atoms with Crippen LogP contribution in [-0.2, 0) is 0 Å². The van der Waals surface area contributed by atoms with E-state index in [9.17, 15) is 19.5 Å². The Labute approximate surface area is 236 Å². The summed E-state index contributed by atoms with van der Waals surface area (Å²) in [4.78, 5) is 38.9. The van der Waals surface area contributed by atoms with Crippen LogP contribution in [0.15, 0.2) is 121 Å². The molecular weight excluding hydrogens is 512 g/mol. The molecule has 0 aliphatic carbocycles. The lowest BCUT2D eigenvalue weighted by molar-refractivity contribution is 0.0696. The molecule has 0 fully saturated rings. The van der Waals surface area contributed by atoms with Crippen LogP contribution in [0.25, 0.3) is 27.4 Å². The first kappa shape index (κ1) is 25.8. The normalized spacial score (nSPS) is 11.8. The number of rotatable bonds is 7. The molecule has 2 aromatic heterocycles. The highest BCUT2D eigenvalue weighted by Gasteiger charge is 2.22. The number of benzene rings is 4. The molecule has 0 saturated carbocycles. The van der Waals surface area contributed by atoms with Crippen molar-refractivity contribution in [2.24, 2.45) is 0 Å². The predicted molar refractivity (Wildman–Crippen MR) is 159 cm³/mol. The van der Waals surface area contributed by atoms with E-state index in [1.165, 1.54) is 12.1 Å². The summed E-state index contributed by atoms with van der Waals surface area (Å²) >= 11 is 0. The van der Waals surface area contributed by atoms with Crippen LogP contribution in [0.4, 0.5) is 0 Å². The number of nitrogens with zero attached hydrogens (tertiary/aromatic N) is 1. The molecule has 0 radical (unpaired) electrons. The predicted octanol–water partition coefficient (Wildman–Crippen LogP) is 7.18. The summed E-state index contributed by atoms with van der Waals surface area (Å²) in [5.41, 5.74) is 4.71. The molecule has 6 heteroatoms. The zero-order valence-corrected chi connectivity index (χ0v) is 22.2. The van der Waals surface area contributed by atoms with Crippen molar-refractivity contribution in [2.75, 3.05) is 0 Å². The maximum atomic E-state index is 13.8. The number of amides is 1. The highest BCUT2D eigenvalue weighted by molar-refractivity contribution is 6.11. The van der Waals surface area contributed by atoms with Gasteiger partial charge in [0.15, 0.2) is 0 Å². The van der Waals surface area contributed by atoms with E-state index in [1.807, 2.05) is 91.9 Å². The minimum absolute atomic E-state index is 0.175. The van der Waals surface area contributed by atoms with E-state index in [0.717, 1.165) is 33.0 Å². The lowest BCUT2D eigenvalue weighted by Gasteiger charge is -2.17. The summed E-state index contributed by atoms with van der Waals surface area (Å²) in [5, 5.41) is 14.3. The third-order valence-electron chi connectivity index (χ3n) is 7.34.